The second-order valence-corrected chi connectivity index (χ2v) is 5.60. The van der Waals surface area contributed by atoms with Gasteiger partial charge in [-0.25, -0.2) is 4.68 Å². The van der Waals surface area contributed by atoms with Crippen LogP contribution in [0.1, 0.15) is 12.1 Å². The topological polar surface area (TPSA) is 63.0 Å². The summed E-state index contributed by atoms with van der Waals surface area (Å²) < 4.78 is 2.97. The van der Waals surface area contributed by atoms with Crippen molar-refractivity contribution in [3.8, 4) is 5.00 Å². The molecule has 3 aromatic heterocycles. The average Bonchev–Trinajstić information content (AvgIpc) is 3.06. The molecule has 5 nitrogen and oxygen atoms in total. The standard InChI is InChI=1S/C14H16N4OS/c1-10-8-11(15-4-3-7-19)14-12(17-10)9-13(20-14)18-6-2-5-16-18/h2,5-6,8-9,19H,3-4,7H2,1H3,(H,15,17). The number of nitrogens with zero attached hydrogens (tertiary/aromatic N) is 3. The summed E-state index contributed by atoms with van der Waals surface area (Å²) in [6, 6.07) is 6.00. The van der Waals surface area contributed by atoms with E-state index in [2.05, 4.69) is 21.5 Å². The van der Waals surface area contributed by atoms with Gasteiger partial charge in [-0.3, -0.25) is 4.98 Å². The maximum Gasteiger partial charge on any atom is 0.120 e. The number of anilines is 1. The zero-order valence-electron chi connectivity index (χ0n) is 11.2. The zero-order chi connectivity index (χ0) is 13.9. The molecule has 0 saturated heterocycles. The van der Waals surface area contributed by atoms with Crippen molar-refractivity contribution in [2.45, 2.75) is 13.3 Å². The van der Waals surface area contributed by atoms with Gasteiger partial charge in [-0.05, 0) is 25.5 Å². The van der Waals surface area contributed by atoms with Gasteiger partial charge in [0.25, 0.3) is 0 Å². The lowest BCUT2D eigenvalue weighted by Gasteiger charge is -2.07. The van der Waals surface area contributed by atoms with E-state index in [1.807, 2.05) is 29.9 Å². The largest absolute Gasteiger partial charge is 0.396 e. The number of aromatic nitrogens is 3. The Bertz CT molecular complexity index is 705. The molecular formula is C14H16N4OS. The molecule has 104 valence electrons. The lowest BCUT2D eigenvalue weighted by Crippen LogP contribution is -2.04. The molecule has 0 bridgehead atoms. The van der Waals surface area contributed by atoms with Gasteiger partial charge in [-0.1, -0.05) is 0 Å². The number of hydrogen-bond acceptors (Lipinski definition) is 5. The average molecular weight is 288 g/mol. The van der Waals surface area contributed by atoms with E-state index in [4.69, 9.17) is 5.11 Å². The van der Waals surface area contributed by atoms with Crippen LogP contribution in [-0.2, 0) is 0 Å². The quantitative estimate of drug-likeness (QED) is 0.708. The van der Waals surface area contributed by atoms with E-state index in [-0.39, 0.29) is 6.61 Å². The van der Waals surface area contributed by atoms with E-state index < -0.39 is 0 Å². The van der Waals surface area contributed by atoms with Crippen LogP contribution in [0, 0.1) is 6.92 Å². The van der Waals surface area contributed by atoms with Crippen LogP contribution in [0.2, 0.25) is 0 Å². The molecular weight excluding hydrogens is 272 g/mol. The highest BCUT2D eigenvalue weighted by atomic mass is 32.1. The van der Waals surface area contributed by atoms with Crippen molar-refractivity contribution in [3.63, 3.8) is 0 Å². The Kier molecular flexibility index (Phi) is 3.66. The van der Waals surface area contributed by atoms with E-state index in [9.17, 15) is 0 Å². The molecule has 20 heavy (non-hydrogen) atoms. The fraction of sp³-hybridized carbons (Fsp3) is 0.286. The van der Waals surface area contributed by atoms with Gasteiger partial charge in [0.15, 0.2) is 0 Å². The van der Waals surface area contributed by atoms with Crippen LogP contribution in [0.15, 0.2) is 30.6 Å². The Balaban J connectivity index is 2.01. The minimum Gasteiger partial charge on any atom is -0.396 e. The van der Waals surface area contributed by atoms with Crippen molar-refractivity contribution in [1.29, 1.82) is 0 Å². The minimum atomic E-state index is 0.198. The number of fused-ring (bicyclic) bond motifs is 1. The molecule has 0 unspecified atom stereocenters. The van der Waals surface area contributed by atoms with Gasteiger partial charge in [0.1, 0.15) is 5.00 Å². The van der Waals surface area contributed by atoms with E-state index in [1.165, 1.54) is 0 Å². The molecule has 3 aromatic rings. The maximum atomic E-state index is 8.88. The fourth-order valence-corrected chi connectivity index (χ4v) is 3.12. The number of hydrogen-bond donors (Lipinski definition) is 2. The Morgan fingerprint density at radius 2 is 2.30 bits per heavy atom. The predicted octanol–water partition coefficient (Wildman–Crippen LogP) is 2.58. The number of thiophene rings is 1. The number of pyridine rings is 1. The molecule has 3 heterocycles. The summed E-state index contributed by atoms with van der Waals surface area (Å²) in [5.41, 5.74) is 3.03. The van der Waals surface area contributed by atoms with Crippen LogP contribution in [-0.4, -0.2) is 33.0 Å². The first-order valence-electron chi connectivity index (χ1n) is 6.54. The zero-order valence-corrected chi connectivity index (χ0v) is 12.0. The summed E-state index contributed by atoms with van der Waals surface area (Å²) in [6.07, 6.45) is 4.43. The van der Waals surface area contributed by atoms with Crippen molar-refractivity contribution < 1.29 is 5.11 Å². The molecule has 0 spiro atoms. The van der Waals surface area contributed by atoms with Gasteiger partial charge < -0.3 is 10.4 Å². The molecule has 3 rings (SSSR count). The van der Waals surface area contributed by atoms with Crippen molar-refractivity contribution in [3.05, 3.63) is 36.3 Å². The molecule has 0 aliphatic rings. The number of aliphatic hydroxyl groups is 1. The summed E-state index contributed by atoms with van der Waals surface area (Å²) >= 11 is 1.66. The minimum absolute atomic E-state index is 0.198. The third-order valence-corrected chi connectivity index (χ3v) is 4.12. The van der Waals surface area contributed by atoms with Gasteiger partial charge in [0.05, 0.1) is 15.9 Å². The summed E-state index contributed by atoms with van der Waals surface area (Å²) in [5.74, 6) is 0. The Labute approximate surface area is 120 Å². The Morgan fingerprint density at radius 1 is 1.40 bits per heavy atom. The molecule has 6 heteroatoms. The summed E-state index contributed by atoms with van der Waals surface area (Å²) in [4.78, 5) is 4.58. The first kappa shape index (κ1) is 13.1. The molecule has 0 fully saturated rings. The van der Waals surface area contributed by atoms with E-state index in [0.717, 1.165) is 39.6 Å². The number of aryl methyl sites for hydroxylation is 1. The smallest absolute Gasteiger partial charge is 0.120 e. The van der Waals surface area contributed by atoms with Gasteiger partial charge >= 0.3 is 0 Å². The van der Waals surface area contributed by atoms with Crippen molar-refractivity contribution in [2.75, 3.05) is 18.5 Å². The third-order valence-electron chi connectivity index (χ3n) is 2.97. The molecule has 0 radical (unpaired) electrons. The van der Waals surface area contributed by atoms with Crippen LogP contribution in [0.3, 0.4) is 0 Å². The van der Waals surface area contributed by atoms with Crippen LogP contribution in [0.5, 0.6) is 0 Å². The molecule has 0 aliphatic carbocycles. The van der Waals surface area contributed by atoms with Gasteiger partial charge in [0, 0.05) is 37.3 Å². The molecule has 0 saturated carbocycles. The highest BCUT2D eigenvalue weighted by Crippen LogP contribution is 2.33. The fourth-order valence-electron chi connectivity index (χ4n) is 2.09. The molecule has 0 atom stereocenters. The number of aliphatic hydroxyl groups excluding tert-OH is 1. The Morgan fingerprint density at radius 3 is 3.05 bits per heavy atom. The SMILES string of the molecule is Cc1cc(NCCCO)c2sc(-n3cccn3)cc2n1. The molecule has 2 N–H and O–H groups in total. The molecule has 0 amide bonds. The van der Waals surface area contributed by atoms with Crippen molar-refractivity contribution in [1.82, 2.24) is 14.8 Å². The summed E-state index contributed by atoms with van der Waals surface area (Å²) in [6.45, 7) is 2.94. The first-order valence-corrected chi connectivity index (χ1v) is 7.35. The molecule has 0 aliphatic heterocycles. The lowest BCUT2D eigenvalue weighted by molar-refractivity contribution is 0.292. The van der Waals surface area contributed by atoms with Gasteiger partial charge in [-0.2, -0.15) is 5.10 Å². The van der Waals surface area contributed by atoms with Crippen LogP contribution in [0.4, 0.5) is 5.69 Å². The first-order chi connectivity index (χ1) is 9.78. The van der Waals surface area contributed by atoms with Crippen LogP contribution >= 0.6 is 11.3 Å². The van der Waals surface area contributed by atoms with E-state index >= 15 is 0 Å². The monoisotopic (exact) mass is 288 g/mol. The normalized spacial score (nSPS) is 11.1. The van der Waals surface area contributed by atoms with E-state index in [1.54, 1.807) is 17.5 Å². The summed E-state index contributed by atoms with van der Waals surface area (Å²) in [5, 5.41) is 17.6. The maximum absolute atomic E-state index is 8.88. The lowest BCUT2D eigenvalue weighted by atomic mass is 10.3. The predicted molar refractivity (Wildman–Crippen MR) is 81.7 cm³/mol. The second kappa shape index (κ2) is 5.60. The van der Waals surface area contributed by atoms with Gasteiger partial charge in [0.2, 0.25) is 0 Å². The highest BCUT2D eigenvalue weighted by molar-refractivity contribution is 7.21. The third kappa shape index (κ3) is 2.52. The second-order valence-electron chi connectivity index (χ2n) is 4.56. The van der Waals surface area contributed by atoms with E-state index in [0.29, 0.717) is 0 Å². The van der Waals surface area contributed by atoms with Crippen molar-refractivity contribution in [2.24, 2.45) is 0 Å². The number of nitrogens with one attached hydrogen (secondary N) is 1. The van der Waals surface area contributed by atoms with Crippen LogP contribution < -0.4 is 5.32 Å². The van der Waals surface area contributed by atoms with Crippen LogP contribution in [0.25, 0.3) is 15.2 Å². The molecule has 0 aromatic carbocycles. The highest BCUT2D eigenvalue weighted by Gasteiger charge is 2.10. The van der Waals surface area contributed by atoms with Crippen molar-refractivity contribution >= 4 is 27.2 Å². The number of rotatable bonds is 5. The summed E-state index contributed by atoms with van der Waals surface area (Å²) in [7, 11) is 0. The Hall–Kier alpha value is -1.92. The van der Waals surface area contributed by atoms with Gasteiger partial charge in [-0.15, -0.1) is 11.3 Å².